The lowest BCUT2D eigenvalue weighted by atomic mass is 10.3. The number of aromatic hydroxyl groups is 1. The molecule has 0 atom stereocenters. The molecule has 0 bridgehead atoms. The summed E-state index contributed by atoms with van der Waals surface area (Å²) in [6.07, 6.45) is 1.93. The lowest BCUT2D eigenvalue weighted by Gasteiger charge is -1.98. The van der Waals surface area contributed by atoms with Gasteiger partial charge in [-0.3, -0.25) is 4.79 Å². The predicted octanol–water partition coefficient (Wildman–Crippen LogP) is -2.03. The molecule has 0 saturated carbocycles. The molecular weight excluding hydrogens is 302 g/mol. The normalized spacial score (nSPS) is 12.2. The fourth-order valence-corrected chi connectivity index (χ4v) is 1.39. The largest absolute Gasteiger partial charge is 0.505 e. The smallest absolute Gasteiger partial charge is 0.330 e. The Morgan fingerprint density at radius 1 is 1.35 bits per heavy atom. The maximum Gasteiger partial charge on any atom is 0.330 e. The van der Waals surface area contributed by atoms with Crippen LogP contribution in [0.3, 0.4) is 0 Å². The molecule has 1 aromatic rings. The molecule has 0 heterocycles. The summed E-state index contributed by atoms with van der Waals surface area (Å²) >= 11 is 0. The number of phenols is 1. The highest BCUT2D eigenvalue weighted by molar-refractivity contribution is 6.03. The standard InChI is InChI=1S/C14H17N5O4/c1-2-23-12(22)8-7-11(21)18-14(16)19-13(15)17-9-5-3-4-6-10(9)20/h3-8,20H,2H2,1H3,(H5,15,16,17,18,19,21)/p+1. The molecule has 0 radical (unpaired) electrons. The molecule has 0 aliphatic carbocycles. The number of hydrogen-bond donors (Lipinski definition) is 5. The molecule has 23 heavy (non-hydrogen) atoms. The van der Waals surface area contributed by atoms with Gasteiger partial charge in [0.15, 0.2) is 11.4 Å². The van der Waals surface area contributed by atoms with Gasteiger partial charge < -0.3 is 21.3 Å². The van der Waals surface area contributed by atoms with Crippen molar-refractivity contribution in [2.24, 2.45) is 16.5 Å². The summed E-state index contributed by atoms with van der Waals surface area (Å²) in [4.78, 5) is 28.9. The highest BCUT2D eigenvalue weighted by atomic mass is 16.5. The van der Waals surface area contributed by atoms with Crippen LogP contribution in [0.1, 0.15) is 6.92 Å². The van der Waals surface area contributed by atoms with Crippen molar-refractivity contribution < 1.29 is 24.4 Å². The van der Waals surface area contributed by atoms with Crippen LogP contribution in [0.5, 0.6) is 5.75 Å². The van der Waals surface area contributed by atoms with Crippen molar-refractivity contribution in [2.45, 2.75) is 6.92 Å². The van der Waals surface area contributed by atoms with Crippen LogP contribution < -0.4 is 21.8 Å². The molecule has 0 aliphatic rings. The highest BCUT2D eigenvalue weighted by Crippen LogP contribution is 2.24. The Hall–Kier alpha value is -3.36. The minimum absolute atomic E-state index is 0.0581. The molecule has 1 aromatic carbocycles. The number of nitrogens with one attached hydrogen (secondary N) is 2. The second-order valence-electron chi connectivity index (χ2n) is 4.10. The van der Waals surface area contributed by atoms with Gasteiger partial charge in [-0.1, -0.05) is 12.1 Å². The van der Waals surface area contributed by atoms with Crippen LogP contribution >= 0.6 is 0 Å². The highest BCUT2D eigenvalue weighted by Gasteiger charge is 2.06. The van der Waals surface area contributed by atoms with Crippen molar-refractivity contribution in [3.05, 3.63) is 36.4 Å². The Balaban J connectivity index is 2.68. The van der Waals surface area contributed by atoms with Crippen LogP contribution in [0.2, 0.25) is 0 Å². The molecular formula is C14H18N5O4+. The van der Waals surface area contributed by atoms with E-state index in [0.717, 1.165) is 12.2 Å². The van der Waals surface area contributed by atoms with E-state index in [9.17, 15) is 14.7 Å². The Morgan fingerprint density at radius 3 is 2.70 bits per heavy atom. The van der Waals surface area contributed by atoms with E-state index < -0.39 is 11.9 Å². The molecule has 0 saturated heterocycles. The van der Waals surface area contributed by atoms with E-state index in [4.69, 9.17) is 11.5 Å². The minimum Gasteiger partial charge on any atom is -0.505 e. The fourth-order valence-electron chi connectivity index (χ4n) is 1.39. The van der Waals surface area contributed by atoms with Crippen LogP contribution in [-0.2, 0) is 14.3 Å². The first-order chi connectivity index (χ1) is 10.9. The second kappa shape index (κ2) is 8.82. The molecule has 0 unspecified atom stereocenters. The number of esters is 1. The summed E-state index contributed by atoms with van der Waals surface area (Å²) < 4.78 is 4.62. The SMILES string of the molecule is CCOC(=O)C=CC(=O)N/C(N)=[NH+]/C(N)=Nc1ccccc1O. The number of aliphatic imine (C=N–C) groups is 1. The number of phenolic OH excluding ortho intramolecular Hbond substituents is 1. The van der Waals surface area contributed by atoms with Crippen molar-refractivity contribution in [1.29, 1.82) is 0 Å². The van der Waals surface area contributed by atoms with Crippen molar-refractivity contribution in [3.63, 3.8) is 0 Å². The topological polar surface area (TPSA) is 154 Å². The van der Waals surface area contributed by atoms with Gasteiger partial charge in [0.25, 0.3) is 11.9 Å². The molecule has 7 N–H and O–H groups in total. The van der Waals surface area contributed by atoms with Crippen LogP contribution in [0.4, 0.5) is 5.69 Å². The van der Waals surface area contributed by atoms with Crippen molar-refractivity contribution in [1.82, 2.24) is 5.32 Å². The second-order valence-corrected chi connectivity index (χ2v) is 4.10. The third kappa shape index (κ3) is 6.76. The van der Waals surface area contributed by atoms with E-state index >= 15 is 0 Å². The number of nitrogens with zero attached hydrogens (tertiary/aromatic N) is 1. The number of benzene rings is 1. The summed E-state index contributed by atoms with van der Waals surface area (Å²) in [5, 5.41) is 11.8. The average molecular weight is 320 g/mol. The fraction of sp³-hybridized carbons (Fsp3) is 0.143. The number of carbonyl (C=O) groups excluding carboxylic acids is 2. The summed E-state index contributed by atoms with van der Waals surface area (Å²) in [6, 6.07) is 6.29. The Kier molecular flexibility index (Phi) is 6.79. The number of guanidine groups is 2. The van der Waals surface area contributed by atoms with E-state index in [1.165, 1.54) is 6.07 Å². The third-order valence-electron chi connectivity index (χ3n) is 2.30. The number of amides is 1. The molecule has 9 heteroatoms. The van der Waals surface area contributed by atoms with Gasteiger partial charge in [0, 0.05) is 12.2 Å². The van der Waals surface area contributed by atoms with Crippen LogP contribution in [0.25, 0.3) is 0 Å². The Labute approximate surface area is 132 Å². The van der Waals surface area contributed by atoms with E-state index in [2.05, 4.69) is 20.0 Å². The van der Waals surface area contributed by atoms with E-state index in [1.807, 2.05) is 0 Å². The van der Waals surface area contributed by atoms with Crippen LogP contribution in [0, 0.1) is 0 Å². The number of carbonyl (C=O) groups is 2. The van der Waals surface area contributed by atoms with Crippen molar-refractivity contribution in [2.75, 3.05) is 6.61 Å². The molecule has 122 valence electrons. The zero-order valence-electron chi connectivity index (χ0n) is 12.4. The zero-order valence-corrected chi connectivity index (χ0v) is 12.4. The third-order valence-corrected chi connectivity index (χ3v) is 2.30. The van der Waals surface area contributed by atoms with Crippen molar-refractivity contribution in [3.8, 4) is 5.75 Å². The lowest BCUT2D eigenvalue weighted by Crippen LogP contribution is -2.85. The van der Waals surface area contributed by atoms with Gasteiger partial charge in [-0.2, -0.15) is 0 Å². The zero-order chi connectivity index (χ0) is 17.2. The predicted molar refractivity (Wildman–Crippen MR) is 83.5 cm³/mol. The lowest BCUT2D eigenvalue weighted by molar-refractivity contribution is -0.322. The molecule has 9 nitrogen and oxygen atoms in total. The van der Waals surface area contributed by atoms with E-state index in [1.54, 1.807) is 25.1 Å². The maximum atomic E-state index is 11.5. The first-order valence-corrected chi connectivity index (χ1v) is 6.59. The quantitative estimate of drug-likeness (QED) is 0.186. The van der Waals surface area contributed by atoms with Gasteiger partial charge in [0.2, 0.25) is 0 Å². The van der Waals surface area contributed by atoms with Crippen LogP contribution in [-0.4, -0.2) is 35.5 Å². The van der Waals surface area contributed by atoms with Gasteiger partial charge in [0.05, 0.1) is 6.61 Å². The van der Waals surface area contributed by atoms with Crippen molar-refractivity contribution >= 4 is 29.5 Å². The maximum absolute atomic E-state index is 11.5. The monoisotopic (exact) mass is 320 g/mol. The summed E-state index contributed by atoms with van der Waals surface area (Å²) in [5.74, 6) is -1.69. The molecule has 0 aliphatic heterocycles. The first-order valence-electron chi connectivity index (χ1n) is 6.59. The molecule has 0 aromatic heterocycles. The average Bonchev–Trinajstić information content (AvgIpc) is 2.47. The molecule has 1 rings (SSSR count). The van der Waals surface area contributed by atoms with Gasteiger partial charge in [-0.05, 0) is 19.1 Å². The number of para-hydroxylation sites is 2. The van der Waals surface area contributed by atoms with Gasteiger partial charge >= 0.3 is 11.9 Å². The number of nitrogens with two attached hydrogens (primary N) is 2. The molecule has 0 fully saturated rings. The van der Waals surface area contributed by atoms with Crippen LogP contribution in [0.15, 0.2) is 41.4 Å². The summed E-state index contributed by atoms with van der Waals surface area (Å²) in [5.41, 5.74) is 11.4. The first kappa shape index (κ1) is 17.7. The molecule has 0 spiro atoms. The van der Waals surface area contributed by atoms with E-state index in [-0.39, 0.29) is 30.0 Å². The summed E-state index contributed by atoms with van der Waals surface area (Å²) in [7, 11) is 0. The number of hydrogen-bond acceptors (Lipinski definition) is 5. The summed E-state index contributed by atoms with van der Waals surface area (Å²) in [6.45, 7) is 1.86. The van der Waals surface area contributed by atoms with E-state index in [0.29, 0.717) is 0 Å². The Bertz CT molecular complexity index is 667. The number of ether oxygens (including phenoxy) is 1. The van der Waals surface area contributed by atoms with Gasteiger partial charge in [0.1, 0.15) is 0 Å². The van der Waals surface area contributed by atoms with Gasteiger partial charge in [-0.15, -0.1) is 4.99 Å². The van der Waals surface area contributed by atoms with Gasteiger partial charge in [-0.25, -0.2) is 15.1 Å². The minimum atomic E-state index is -0.654. The number of rotatable bonds is 4. The molecule has 1 amide bonds. The Morgan fingerprint density at radius 2 is 2.04 bits per heavy atom.